The lowest BCUT2D eigenvalue weighted by atomic mass is 9.75. The molecule has 4 fully saturated rings. The SMILES string of the molecule is Cc1ccc([C@@H]2CN(c3ncccc3C(N)=O)[C@H]3C4CCN(CC4)[C@@H]23)cc1. The number of nitrogens with zero attached hydrogens (tertiary/aromatic N) is 3. The van der Waals surface area contributed by atoms with Crippen LogP contribution in [0.5, 0.6) is 0 Å². The summed E-state index contributed by atoms with van der Waals surface area (Å²) >= 11 is 0. The van der Waals surface area contributed by atoms with Crippen molar-refractivity contribution in [3.05, 3.63) is 59.3 Å². The van der Waals surface area contributed by atoms with Crippen molar-refractivity contribution in [3.8, 4) is 0 Å². The smallest absolute Gasteiger partial charge is 0.252 e. The molecule has 4 aliphatic heterocycles. The van der Waals surface area contributed by atoms with E-state index in [9.17, 15) is 4.79 Å². The maximum absolute atomic E-state index is 12.0. The van der Waals surface area contributed by atoms with Crippen LogP contribution >= 0.6 is 0 Å². The summed E-state index contributed by atoms with van der Waals surface area (Å²) in [5.41, 5.74) is 8.89. The molecule has 2 N–H and O–H groups in total. The molecule has 2 bridgehead atoms. The van der Waals surface area contributed by atoms with Gasteiger partial charge in [-0.05, 0) is 56.5 Å². The van der Waals surface area contributed by atoms with Crippen molar-refractivity contribution in [2.45, 2.75) is 37.8 Å². The number of benzene rings is 1. The van der Waals surface area contributed by atoms with Gasteiger partial charge in [-0.2, -0.15) is 0 Å². The summed E-state index contributed by atoms with van der Waals surface area (Å²) in [7, 11) is 0. The van der Waals surface area contributed by atoms with Gasteiger partial charge >= 0.3 is 0 Å². The number of nitrogens with two attached hydrogens (primary N) is 1. The van der Waals surface area contributed by atoms with Crippen LogP contribution in [0.25, 0.3) is 0 Å². The Balaban J connectivity index is 1.59. The van der Waals surface area contributed by atoms with E-state index in [-0.39, 0.29) is 0 Å². The first-order valence-electron chi connectivity index (χ1n) is 9.95. The van der Waals surface area contributed by atoms with E-state index in [1.54, 1.807) is 18.3 Å². The Labute approximate surface area is 160 Å². The molecular formula is C22H26N4O. The molecule has 3 atom stereocenters. The van der Waals surface area contributed by atoms with Gasteiger partial charge in [-0.15, -0.1) is 0 Å². The van der Waals surface area contributed by atoms with E-state index in [0.29, 0.717) is 29.5 Å². The zero-order valence-electron chi connectivity index (χ0n) is 15.7. The highest BCUT2D eigenvalue weighted by Crippen LogP contribution is 2.48. The molecule has 5 heteroatoms. The second-order valence-corrected chi connectivity index (χ2v) is 8.26. The number of primary amides is 1. The molecule has 140 valence electrons. The van der Waals surface area contributed by atoms with Gasteiger partial charge in [-0.1, -0.05) is 29.8 Å². The summed E-state index contributed by atoms with van der Waals surface area (Å²) in [6, 6.07) is 13.5. The molecule has 1 aromatic heterocycles. The van der Waals surface area contributed by atoms with Gasteiger partial charge in [0.2, 0.25) is 0 Å². The van der Waals surface area contributed by atoms with Gasteiger partial charge in [0.25, 0.3) is 5.91 Å². The number of anilines is 1. The first kappa shape index (κ1) is 16.8. The van der Waals surface area contributed by atoms with Crippen LogP contribution in [-0.4, -0.2) is 47.5 Å². The molecule has 2 aromatic rings. The van der Waals surface area contributed by atoms with E-state index < -0.39 is 5.91 Å². The lowest BCUT2D eigenvalue weighted by Crippen LogP contribution is -2.60. The molecule has 1 amide bonds. The van der Waals surface area contributed by atoms with Crippen molar-refractivity contribution >= 4 is 11.7 Å². The van der Waals surface area contributed by atoms with E-state index in [1.807, 2.05) is 0 Å². The highest BCUT2D eigenvalue weighted by Gasteiger charge is 2.54. The molecule has 0 aliphatic carbocycles. The average molecular weight is 362 g/mol. The van der Waals surface area contributed by atoms with Crippen LogP contribution in [0.3, 0.4) is 0 Å². The summed E-state index contributed by atoms with van der Waals surface area (Å²) in [6.07, 6.45) is 4.24. The summed E-state index contributed by atoms with van der Waals surface area (Å²) in [6.45, 7) is 5.40. The lowest BCUT2D eigenvalue weighted by Gasteiger charge is -2.51. The van der Waals surface area contributed by atoms with E-state index >= 15 is 0 Å². The summed E-state index contributed by atoms with van der Waals surface area (Å²) in [5, 5.41) is 0. The molecule has 0 unspecified atom stereocenters. The predicted octanol–water partition coefficient (Wildman–Crippen LogP) is 2.56. The number of hydrogen-bond donors (Lipinski definition) is 1. The number of amides is 1. The molecule has 4 saturated heterocycles. The number of carbonyl (C=O) groups is 1. The number of rotatable bonds is 3. The molecule has 5 heterocycles. The summed E-state index contributed by atoms with van der Waals surface area (Å²) < 4.78 is 0. The fourth-order valence-electron chi connectivity index (χ4n) is 5.59. The van der Waals surface area contributed by atoms with Crippen molar-refractivity contribution in [1.29, 1.82) is 0 Å². The number of hydrogen-bond acceptors (Lipinski definition) is 4. The number of aromatic nitrogens is 1. The maximum atomic E-state index is 12.0. The van der Waals surface area contributed by atoms with Crippen molar-refractivity contribution in [2.24, 2.45) is 11.7 Å². The van der Waals surface area contributed by atoms with Crippen LogP contribution in [-0.2, 0) is 0 Å². The minimum Gasteiger partial charge on any atom is -0.365 e. The normalized spacial score (nSPS) is 31.7. The standard InChI is InChI=1S/C22H26N4O/c1-14-4-6-15(7-5-14)18-13-26(22-17(21(23)27)3-2-10-24-22)19-16-8-11-25(12-9-16)20(18)19/h2-7,10,16,18-20H,8-9,11-13H2,1H3,(H2,23,27)/t18-,19-,20-/m0/s1. The zero-order chi connectivity index (χ0) is 18.5. The molecule has 0 spiro atoms. The molecule has 27 heavy (non-hydrogen) atoms. The van der Waals surface area contributed by atoms with Gasteiger partial charge in [0.05, 0.1) is 5.56 Å². The van der Waals surface area contributed by atoms with E-state index in [4.69, 9.17) is 5.73 Å². The third-order valence-corrected chi connectivity index (χ3v) is 6.82. The number of piperidine rings is 3. The van der Waals surface area contributed by atoms with Gasteiger partial charge in [0, 0.05) is 30.7 Å². The van der Waals surface area contributed by atoms with Gasteiger partial charge in [-0.25, -0.2) is 4.98 Å². The first-order chi connectivity index (χ1) is 13.1. The summed E-state index contributed by atoms with van der Waals surface area (Å²) in [4.78, 5) is 21.7. The zero-order valence-corrected chi connectivity index (χ0v) is 15.7. The van der Waals surface area contributed by atoms with Crippen LogP contribution in [0.1, 0.15) is 40.2 Å². The molecule has 0 radical (unpaired) electrons. The highest BCUT2D eigenvalue weighted by molar-refractivity contribution is 5.97. The number of carbonyl (C=O) groups excluding carboxylic acids is 1. The lowest BCUT2D eigenvalue weighted by molar-refractivity contribution is 0.0354. The molecule has 4 aliphatic rings. The Morgan fingerprint density at radius 2 is 1.85 bits per heavy atom. The van der Waals surface area contributed by atoms with Gasteiger partial charge in [0.1, 0.15) is 5.82 Å². The van der Waals surface area contributed by atoms with Gasteiger partial charge < -0.3 is 10.6 Å². The number of aryl methyl sites for hydroxylation is 1. The van der Waals surface area contributed by atoms with Crippen molar-refractivity contribution < 1.29 is 4.79 Å². The van der Waals surface area contributed by atoms with E-state index in [0.717, 1.165) is 12.4 Å². The monoisotopic (exact) mass is 362 g/mol. The molecule has 0 saturated carbocycles. The Hall–Kier alpha value is -2.40. The third kappa shape index (κ3) is 2.64. The fraction of sp³-hybridized carbons (Fsp3) is 0.455. The van der Waals surface area contributed by atoms with Crippen molar-refractivity contribution in [2.75, 3.05) is 24.5 Å². The Kier molecular flexibility index (Phi) is 3.93. The van der Waals surface area contributed by atoms with E-state index in [1.165, 1.54) is 37.1 Å². The van der Waals surface area contributed by atoms with Crippen molar-refractivity contribution in [3.63, 3.8) is 0 Å². The minimum atomic E-state index is -0.394. The molecule has 1 aromatic carbocycles. The quantitative estimate of drug-likeness (QED) is 0.911. The number of pyridine rings is 1. The molecular weight excluding hydrogens is 336 g/mol. The largest absolute Gasteiger partial charge is 0.365 e. The second kappa shape index (κ2) is 6.34. The Bertz CT molecular complexity index is 857. The third-order valence-electron chi connectivity index (χ3n) is 6.82. The van der Waals surface area contributed by atoms with Crippen LogP contribution in [0.4, 0.5) is 5.82 Å². The van der Waals surface area contributed by atoms with Gasteiger partial charge in [0.15, 0.2) is 0 Å². The van der Waals surface area contributed by atoms with Crippen LogP contribution in [0.2, 0.25) is 0 Å². The van der Waals surface area contributed by atoms with Crippen LogP contribution in [0.15, 0.2) is 42.6 Å². The minimum absolute atomic E-state index is 0.394. The predicted molar refractivity (Wildman–Crippen MR) is 106 cm³/mol. The first-order valence-corrected chi connectivity index (χ1v) is 9.95. The summed E-state index contributed by atoms with van der Waals surface area (Å²) in [5.74, 6) is 1.47. The van der Waals surface area contributed by atoms with Gasteiger partial charge in [-0.3, -0.25) is 9.69 Å². The maximum Gasteiger partial charge on any atom is 0.252 e. The van der Waals surface area contributed by atoms with Crippen LogP contribution < -0.4 is 10.6 Å². The molecule has 5 nitrogen and oxygen atoms in total. The fourth-order valence-corrected chi connectivity index (χ4v) is 5.59. The average Bonchev–Trinajstić information content (AvgIpc) is 3.12. The second-order valence-electron chi connectivity index (χ2n) is 8.26. The van der Waals surface area contributed by atoms with Crippen LogP contribution in [0, 0.1) is 12.8 Å². The van der Waals surface area contributed by atoms with Crippen molar-refractivity contribution in [1.82, 2.24) is 9.88 Å². The number of fused-ring (bicyclic) bond motifs is 2. The van der Waals surface area contributed by atoms with E-state index in [2.05, 4.69) is 46.0 Å². The Morgan fingerprint density at radius 3 is 2.56 bits per heavy atom. The molecule has 6 rings (SSSR count). The Morgan fingerprint density at radius 1 is 1.11 bits per heavy atom. The topological polar surface area (TPSA) is 62.5 Å². The highest BCUT2D eigenvalue weighted by atomic mass is 16.1.